The number of aromatic nitrogens is 2. The molecular formula is C20H18FN3O3S. The minimum atomic E-state index is -0.438. The maximum Gasteiger partial charge on any atom is 0.414 e. The minimum Gasteiger partial charge on any atom is -0.444 e. The van der Waals surface area contributed by atoms with E-state index in [2.05, 4.69) is 10.1 Å². The maximum atomic E-state index is 14.5. The summed E-state index contributed by atoms with van der Waals surface area (Å²) in [5, 5.41) is 3.95. The van der Waals surface area contributed by atoms with E-state index in [4.69, 9.17) is 9.26 Å². The number of nitrogens with zero attached hydrogens (tertiary/aromatic N) is 3. The summed E-state index contributed by atoms with van der Waals surface area (Å²) in [6, 6.07) is 14.2. The van der Waals surface area contributed by atoms with Gasteiger partial charge in [0.15, 0.2) is 5.82 Å². The Balaban J connectivity index is 1.42. The van der Waals surface area contributed by atoms with Gasteiger partial charge < -0.3 is 9.26 Å². The van der Waals surface area contributed by atoms with Crippen molar-refractivity contribution in [3.8, 4) is 11.5 Å². The molecule has 3 aromatic rings. The summed E-state index contributed by atoms with van der Waals surface area (Å²) in [6.07, 6.45) is 0.141. The third-order valence-electron chi connectivity index (χ3n) is 4.40. The standard InChI is InChI=1S/C20H18FN3O3S/c1-2-15-11-24(20(25)26-15)14-8-9-17(16(21)10-14)28-12-18-22-19(27-23-18)13-6-4-3-5-7-13/h3-10,15H,2,11-12H2,1H3/t15-/m0/s1. The van der Waals surface area contributed by atoms with Gasteiger partial charge in [0.1, 0.15) is 11.9 Å². The molecule has 0 spiro atoms. The van der Waals surface area contributed by atoms with E-state index in [-0.39, 0.29) is 6.10 Å². The van der Waals surface area contributed by atoms with Crippen LogP contribution in [-0.2, 0) is 10.5 Å². The van der Waals surface area contributed by atoms with E-state index in [0.717, 1.165) is 12.0 Å². The maximum absolute atomic E-state index is 14.5. The summed E-state index contributed by atoms with van der Waals surface area (Å²) >= 11 is 1.27. The fraction of sp³-hybridized carbons (Fsp3) is 0.250. The van der Waals surface area contributed by atoms with E-state index in [1.54, 1.807) is 12.1 Å². The molecule has 0 N–H and O–H groups in total. The summed E-state index contributed by atoms with van der Waals surface area (Å²) in [7, 11) is 0. The van der Waals surface area contributed by atoms with Crippen molar-refractivity contribution in [2.24, 2.45) is 0 Å². The second-order valence-corrected chi connectivity index (χ2v) is 7.33. The number of halogens is 1. The SMILES string of the molecule is CC[C@H]1CN(c2ccc(SCc3noc(-c4ccccc4)n3)c(F)c2)C(=O)O1. The fourth-order valence-electron chi connectivity index (χ4n) is 2.87. The lowest BCUT2D eigenvalue weighted by molar-refractivity contribution is 0.139. The number of amides is 1. The largest absolute Gasteiger partial charge is 0.444 e. The van der Waals surface area contributed by atoms with Gasteiger partial charge in [0.2, 0.25) is 0 Å². The highest BCUT2D eigenvalue weighted by atomic mass is 32.2. The molecule has 28 heavy (non-hydrogen) atoms. The molecule has 6 nitrogen and oxygen atoms in total. The number of carbonyl (C=O) groups is 1. The molecule has 0 radical (unpaired) electrons. The second-order valence-electron chi connectivity index (χ2n) is 6.31. The third kappa shape index (κ3) is 3.87. The highest BCUT2D eigenvalue weighted by Crippen LogP contribution is 2.30. The van der Waals surface area contributed by atoms with Crippen molar-refractivity contribution < 1.29 is 18.4 Å². The van der Waals surface area contributed by atoms with Gasteiger partial charge in [-0.05, 0) is 36.8 Å². The van der Waals surface area contributed by atoms with E-state index < -0.39 is 11.9 Å². The van der Waals surface area contributed by atoms with Gasteiger partial charge in [-0.25, -0.2) is 9.18 Å². The van der Waals surface area contributed by atoms with Gasteiger partial charge in [0.25, 0.3) is 5.89 Å². The molecule has 1 atom stereocenters. The van der Waals surface area contributed by atoms with Crippen molar-refractivity contribution >= 4 is 23.5 Å². The number of carbonyl (C=O) groups excluding carboxylic acids is 1. The van der Waals surface area contributed by atoms with E-state index >= 15 is 0 Å². The first-order valence-electron chi connectivity index (χ1n) is 8.92. The molecule has 1 amide bonds. The Kier molecular flexibility index (Phi) is 5.29. The van der Waals surface area contributed by atoms with E-state index in [0.29, 0.717) is 34.6 Å². The average molecular weight is 399 g/mol. The van der Waals surface area contributed by atoms with Crippen LogP contribution in [0.5, 0.6) is 0 Å². The van der Waals surface area contributed by atoms with E-state index in [9.17, 15) is 9.18 Å². The molecule has 8 heteroatoms. The molecule has 1 aliphatic heterocycles. The number of rotatable bonds is 6. The van der Waals surface area contributed by atoms with Crippen molar-refractivity contribution in [1.82, 2.24) is 10.1 Å². The number of benzene rings is 2. The molecule has 0 unspecified atom stereocenters. The highest BCUT2D eigenvalue weighted by molar-refractivity contribution is 7.98. The quantitative estimate of drug-likeness (QED) is 0.549. The molecule has 2 heterocycles. The molecule has 0 saturated carbocycles. The van der Waals surface area contributed by atoms with Crippen LogP contribution in [0, 0.1) is 5.82 Å². The van der Waals surface area contributed by atoms with E-state index in [1.165, 1.54) is 22.7 Å². The lowest BCUT2D eigenvalue weighted by Crippen LogP contribution is -2.24. The Morgan fingerprint density at radius 2 is 2.07 bits per heavy atom. The zero-order valence-electron chi connectivity index (χ0n) is 15.2. The Labute approximate surface area is 165 Å². The van der Waals surface area contributed by atoms with Crippen LogP contribution in [0.25, 0.3) is 11.5 Å². The monoisotopic (exact) mass is 399 g/mol. The van der Waals surface area contributed by atoms with Gasteiger partial charge in [0, 0.05) is 10.5 Å². The number of ether oxygens (including phenoxy) is 1. The van der Waals surface area contributed by atoms with Gasteiger partial charge in [-0.15, -0.1) is 11.8 Å². The molecule has 1 aliphatic rings. The first kappa shape index (κ1) is 18.5. The molecular weight excluding hydrogens is 381 g/mol. The molecule has 0 aliphatic carbocycles. The molecule has 4 rings (SSSR count). The summed E-state index contributed by atoms with van der Waals surface area (Å²) < 4.78 is 25.0. The number of cyclic esters (lactones) is 1. The topological polar surface area (TPSA) is 68.5 Å². The zero-order valence-corrected chi connectivity index (χ0v) is 16.0. The van der Waals surface area contributed by atoms with Crippen molar-refractivity contribution in [3.05, 3.63) is 60.2 Å². The zero-order chi connectivity index (χ0) is 19.5. The molecule has 2 aromatic carbocycles. The average Bonchev–Trinajstić information content (AvgIpc) is 3.34. The molecule has 0 bridgehead atoms. The van der Waals surface area contributed by atoms with Crippen molar-refractivity contribution in [2.75, 3.05) is 11.4 Å². The Morgan fingerprint density at radius 3 is 2.79 bits per heavy atom. The van der Waals surface area contributed by atoms with Gasteiger partial charge in [-0.2, -0.15) is 4.98 Å². The van der Waals surface area contributed by atoms with Crippen LogP contribution >= 0.6 is 11.8 Å². The molecule has 1 aromatic heterocycles. The Hall–Kier alpha value is -2.87. The van der Waals surface area contributed by atoms with Crippen LogP contribution in [0.2, 0.25) is 0 Å². The normalized spacial score (nSPS) is 16.4. The van der Waals surface area contributed by atoms with Crippen molar-refractivity contribution in [2.45, 2.75) is 30.1 Å². The molecule has 1 fully saturated rings. The van der Waals surface area contributed by atoms with Crippen LogP contribution < -0.4 is 4.90 Å². The predicted molar refractivity (Wildman–Crippen MR) is 104 cm³/mol. The highest BCUT2D eigenvalue weighted by Gasteiger charge is 2.31. The van der Waals surface area contributed by atoms with Crippen LogP contribution in [0.4, 0.5) is 14.9 Å². The number of hydrogen-bond acceptors (Lipinski definition) is 6. The summed E-state index contributed by atoms with van der Waals surface area (Å²) in [5.74, 6) is 0.893. The first-order chi connectivity index (χ1) is 13.6. The van der Waals surface area contributed by atoms with Crippen LogP contribution in [-0.4, -0.2) is 28.9 Å². The van der Waals surface area contributed by atoms with Gasteiger partial charge in [-0.3, -0.25) is 4.90 Å². The van der Waals surface area contributed by atoms with Crippen molar-refractivity contribution in [3.63, 3.8) is 0 Å². The Bertz CT molecular complexity index is 980. The summed E-state index contributed by atoms with van der Waals surface area (Å²) in [4.78, 5) is 18.2. The van der Waals surface area contributed by atoms with Crippen LogP contribution in [0.1, 0.15) is 19.2 Å². The third-order valence-corrected chi connectivity index (χ3v) is 5.45. The van der Waals surface area contributed by atoms with Gasteiger partial charge in [-0.1, -0.05) is 30.3 Å². The van der Waals surface area contributed by atoms with Crippen LogP contribution in [0.3, 0.4) is 0 Å². The molecule has 144 valence electrons. The fourth-order valence-corrected chi connectivity index (χ4v) is 3.64. The summed E-state index contributed by atoms with van der Waals surface area (Å²) in [5.41, 5.74) is 1.33. The number of hydrogen-bond donors (Lipinski definition) is 0. The van der Waals surface area contributed by atoms with Gasteiger partial charge in [0.05, 0.1) is 18.0 Å². The first-order valence-corrected chi connectivity index (χ1v) is 9.91. The lowest BCUT2D eigenvalue weighted by atomic mass is 10.2. The van der Waals surface area contributed by atoms with Crippen LogP contribution in [0.15, 0.2) is 57.9 Å². The minimum absolute atomic E-state index is 0.151. The lowest BCUT2D eigenvalue weighted by Gasteiger charge is -2.14. The van der Waals surface area contributed by atoms with E-state index in [1.807, 2.05) is 37.3 Å². The molecule has 1 saturated heterocycles. The van der Waals surface area contributed by atoms with Crippen molar-refractivity contribution in [1.29, 1.82) is 0 Å². The summed E-state index contributed by atoms with van der Waals surface area (Å²) in [6.45, 7) is 2.38. The second kappa shape index (κ2) is 8.02. The smallest absolute Gasteiger partial charge is 0.414 e. The Morgan fingerprint density at radius 1 is 1.25 bits per heavy atom. The van der Waals surface area contributed by atoms with Gasteiger partial charge >= 0.3 is 6.09 Å². The predicted octanol–water partition coefficient (Wildman–Crippen LogP) is 4.90. The number of thioether (sulfide) groups is 1. The number of anilines is 1.